The third-order valence-electron chi connectivity index (χ3n) is 2.20. The van der Waals surface area contributed by atoms with E-state index in [1.54, 1.807) is 0 Å². The fourth-order valence-corrected chi connectivity index (χ4v) is 1.45. The van der Waals surface area contributed by atoms with Crippen molar-refractivity contribution in [1.29, 1.82) is 0 Å². The zero-order valence-electron chi connectivity index (χ0n) is 8.11. The summed E-state index contributed by atoms with van der Waals surface area (Å²) in [5.74, 6) is -0.789. The van der Waals surface area contributed by atoms with E-state index in [4.69, 9.17) is 10.8 Å². The molecule has 0 saturated heterocycles. The van der Waals surface area contributed by atoms with Crippen LogP contribution in [0.5, 0.6) is 0 Å². The molecule has 0 fully saturated rings. The average Bonchev–Trinajstić information content (AvgIpc) is 2.59. The number of anilines is 1. The number of aromatic nitrogens is 3. The molecule has 0 atom stereocenters. The van der Waals surface area contributed by atoms with Crippen molar-refractivity contribution in [3.8, 4) is 0 Å². The number of aromatic amines is 1. The van der Waals surface area contributed by atoms with Crippen molar-refractivity contribution in [1.82, 2.24) is 15.2 Å². The summed E-state index contributed by atoms with van der Waals surface area (Å²) in [5, 5.41) is 15.8. The van der Waals surface area contributed by atoms with Crippen molar-refractivity contribution in [2.24, 2.45) is 0 Å². The number of nitrogens with zero attached hydrogens (tertiary/aromatic N) is 2. The molecule has 0 spiro atoms. The summed E-state index contributed by atoms with van der Waals surface area (Å²) >= 11 is 0. The molecular weight excluding hydrogens is 196 g/mol. The Bertz CT molecular complexity index is 532. The Balaban J connectivity index is 2.83. The van der Waals surface area contributed by atoms with E-state index in [1.807, 2.05) is 6.92 Å². The Morgan fingerprint density at radius 2 is 2.40 bits per heavy atom. The molecule has 0 aliphatic carbocycles. The van der Waals surface area contributed by atoms with Gasteiger partial charge in [0.25, 0.3) is 0 Å². The molecule has 0 aliphatic rings. The Hall–Kier alpha value is -2.11. The highest BCUT2D eigenvalue weighted by Gasteiger charge is 2.15. The smallest absolute Gasteiger partial charge is 0.336 e. The van der Waals surface area contributed by atoms with Crippen LogP contribution in [0, 0.1) is 0 Å². The number of nitrogen functional groups attached to an aromatic ring is 1. The topological polar surface area (TPSA) is 105 Å². The lowest BCUT2D eigenvalue weighted by molar-refractivity contribution is 0.0699. The number of fused-ring (bicyclic) bond motifs is 1. The SMILES string of the molecule is CCc1cc(C(=O)O)c2c(N)[nH]nc2n1. The van der Waals surface area contributed by atoms with E-state index in [0.717, 1.165) is 0 Å². The molecule has 0 saturated carbocycles. The normalized spacial score (nSPS) is 10.7. The number of aromatic carboxylic acids is 1. The van der Waals surface area contributed by atoms with Gasteiger partial charge in [0, 0.05) is 5.69 Å². The monoisotopic (exact) mass is 206 g/mol. The Kier molecular flexibility index (Phi) is 2.03. The van der Waals surface area contributed by atoms with E-state index in [1.165, 1.54) is 6.07 Å². The maximum Gasteiger partial charge on any atom is 0.336 e. The minimum Gasteiger partial charge on any atom is -0.478 e. The summed E-state index contributed by atoms with van der Waals surface area (Å²) < 4.78 is 0. The van der Waals surface area contributed by atoms with Gasteiger partial charge in [0.1, 0.15) is 5.82 Å². The molecule has 2 aromatic heterocycles. The number of H-pyrrole nitrogens is 1. The van der Waals surface area contributed by atoms with Gasteiger partial charge in [0.2, 0.25) is 0 Å². The fourth-order valence-electron chi connectivity index (χ4n) is 1.45. The summed E-state index contributed by atoms with van der Waals surface area (Å²) in [6.07, 6.45) is 0.656. The molecule has 0 aromatic carbocycles. The predicted molar refractivity (Wildman–Crippen MR) is 54.6 cm³/mol. The summed E-state index contributed by atoms with van der Waals surface area (Å²) in [7, 11) is 0. The lowest BCUT2D eigenvalue weighted by Gasteiger charge is -2.00. The van der Waals surface area contributed by atoms with Gasteiger partial charge in [-0.25, -0.2) is 9.78 Å². The molecular formula is C9H10N4O2. The van der Waals surface area contributed by atoms with Crippen molar-refractivity contribution in [2.45, 2.75) is 13.3 Å². The molecule has 0 radical (unpaired) electrons. The molecule has 0 bridgehead atoms. The number of rotatable bonds is 2. The minimum absolute atomic E-state index is 0.142. The van der Waals surface area contributed by atoms with Gasteiger partial charge in [0.15, 0.2) is 5.65 Å². The van der Waals surface area contributed by atoms with Gasteiger partial charge >= 0.3 is 5.97 Å². The van der Waals surface area contributed by atoms with Crippen LogP contribution in [-0.2, 0) is 6.42 Å². The number of carbonyl (C=O) groups is 1. The molecule has 0 aliphatic heterocycles. The van der Waals surface area contributed by atoms with Crippen molar-refractivity contribution in [3.63, 3.8) is 0 Å². The molecule has 78 valence electrons. The molecule has 2 aromatic rings. The highest BCUT2D eigenvalue weighted by molar-refractivity contribution is 6.05. The second-order valence-electron chi connectivity index (χ2n) is 3.16. The summed E-state index contributed by atoms with van der Waals surface area (Å²) in [6.45, 7) is 1.90. The van der Waals surface area contributed by atoms with Gasteiger partial charge < -0.3 is 10.8 Å². The van der Waals surface area contributed by atoms with Crippen LogP contribution in [0.25, 0.3) is 11.0 Å². The molecule has 15 heavy (non-hydrogen) atoms. The first-order valence-corrected chi connectivity index (χ1v) is 4.50. The van der Waals surface area contributed by atoms with Gasteiger partial charge in [-0.05, 0) is 12.5 Å². The first kappa shape index (κ1) is 9.45. The number of aryl methyl sites for hydroxylation is 1. The molecule has 6 nitrogen and oxygen atoms in total. The minimum atomic E-state index is -1.02. The van der Waals surface area contributed by atoms with E-state index in [2.05, 4.69) is 15.2 Å². The van der Waals surface area contributed by atoms with Crippen LogP contribution in [0.3, 0.4) is 0 Å². The summed E-state index contributed by atoms with van der Waals surface area (Å²) in [4.78, 5) is 15.2. The maximum atomic E-state index is 11.0. The number of hydrogen-bond donors (Lipinski definition) is 3. The van der Waals surface area contributed by atoms with Crippen LogP contribution < -0.4 is 5.73 Å². The molecule has 2 heterocycles. The summed E-state index contributed by atoms with van der Waals surface area (Å²) in [5.41, 5.74) is 6.76. The van der Waals surface area contributed by atoms with Crippen LogP contribution in [0.1, 0.15) is 23.0 Å². The van der Waals surface area contributed by atoms with Crippen LogP contribution >= 0.6 is 0 Å². The zero-order chi connectivity index (χ0) is 11.0. The largest absolute Gasteiger partial charge is 0.478 e. The van der Waals surface area contributed by atoms with E-state index >= 15 is 0 Å². The predicted octanol–water partition coefficient (Wildman–Crippen LogP) is 0.801. The second-order valence-corrected chi connectivity index (χ2v) is 3.16. The fraction of sp³-hybridized carbons (Fsp3) is 0.222. The first-order chi connectivity index (χ1) is 7.13. The lowest BCUT2D eigenvalue weighted by Crippen LogP contribution is -2.02. The molecule has 2 rings (SSSR count). The second kappa shape index (κ2) is 3.23. The molecule has 0 unspecified atom stereocenters. The van der Waals surface area contributed by atoms with E-state index in [0.29, 0.717) is 23.1 Å². The number of pyridine rings is 1. The lowest BCUT2D eigenvalue weighted by atomic mass is 10.1. The van der Waals surface area contributed by atoms with Crippen LogP contribution in [0.2, 0.25) is 0 Å². The van der Waals surface area contributed by atoms with E-state index in [9.17, 15) is 4.79 Å². The van der Waals surface area contributed by atoms with Gasteiger partial charge in [-0.2, -0.15) is 5.10 Å². The quantitative estimate of drug-likeness (QED) is 0.674. The van der Waals surface area contributed by atoms with Crippen molar-refractivity contribution in [2.75, 3.05) is 5.73 Å². The number of nitrogens with two attached hydrogens (primary N) is 1. The number of nitrogens with one attached hydrogen (secondary N) is 1. The molecule has 4 N–H and O–H groups in total. The molecule has 6 heteroatoms. The average molecular weight is 206 g/mol. The maximum absolute atomic E-state index is 11.0. The third-order valence-corrected chi connectivity index (χ3v) is 2.20. The van der Waals surface area contributed by atoms with Crippen LogP contribution in [0.15, 0.2) is 6.07 Å². The van der Waals surface area contributed by atoms with Gasteiger partial charge in [-0.3, -0.25) is 5.10 Å². The van der Waals surface area contributed by atoms with Crippen molar-refractivity contribution < 1.29 is 9.90 Å². The van der Waals surface area contributed by atoms with Crippen LogP contribution in [-0.4, -0.2) is 26.3 Å². The van der Waals surface area contributed by atoms with Gasteiger partial charge in [-0.15, -0.1) is 0 Å². The number of carboxylic acid groups (broad SMARTS) is 1. The Labute approximate surface area is 85.1 Å². The van der Waals surface area contributed by atoms with Gasteiger partial charge in [-0.1, -0.05) is 6.92 Å². The Morgan fingerprint density at radius 1 is 1.67 bits per heavy atom. The van der Waals surface area contributed by atoms with Crippen molar-refractivity contribution >= 4 is 22.8 Å². The highest BCUT2D eigenvalue weighted by Crippen LogP contribution is 2.22. The van der Waals surface area contributed by atoms with Crippen molar-refractivity contribution in [3.05, 3.63) is 17.3 Å². The standard InChI is InChI=1S/C9H10N4O2/c1-2-4-3-5(9(14)15)6-7(10)12-13-8(6)11-4/h3H,2H2,1H3,(H,14,15)(H3,10,11,12,13). The summed E-state index contributed by atoms with van der Waals surface area (Å²) in [6, 6.07) is 1.52. The van der Waals surface area contributed by atoms with E-state index in [-0.39, 0.29) is 11.4 Å². The van der Waals surface area contributed by atoms with Crippen LogP contribution in [0.4, 0.5) is 5.82 Å². The first-order valence-electron chi connectivity index (χ1n) is 4.50. The third kappa shape index (κ3) is 1.39. The molecule has 0 amide bonds. The van der Waals surface area contributed by atoms with E-state index < -0.39 is 5.97 Å². The zero-order valence-corrected chi connectivity index (χ0v) is 8.11. The highest BCUT2D eigenvalue weighted by atomic mass is 16.4. The van der Waals surface area contributed by atoms with Gasteiger partial charge in [0.05, 0.1) is 10.9 Å². The Morgan fingerprint density at radius 3 is 3.00 bits per heavy atom. The number of hydrogen-bond acceptors (Lipinski definition) is 4. The number of carboxylic acids is 1.